The van der Waals surface area contributed by atoms with E-state index in [1.54, 1.807) is 0 Å². The van der Waals surface area contributed by atoms with Gasteiger partial charge in [-0.2, -0.15) is 0 Å². The Morgan fingerprint density at radius 2 is 1.83 bits per heavy atom. The van der Waals surface area contributed by atoms with Crippen LogP contribution in [0.3, 0.4) is 0 Å². The molecule has 1 unspecified atom stereocenters. The third-order valence-corrected chi connectivity index (χ3v) is 2.70. The summed E-state index contributed by atoms with van der Waals surface area (Å²) in [6, 6.07) is 3.15. The van der Waals surface area contributed by atoms with Gasteiger partial charge in [0, 0.05) is 12.0 Å². The largest absolute Gasteiger partial charge is 0.480 e. The van der Waals surface area contributed by atoms with Gasteiger partial charge in [-0.15, -0.1) is 0 Å². The first-order valence-electron chi connectivity index (χ1n) is 5.07. The molecule has 0 saturated carbocycles. The lowest BCUT2D eigenvalue weighted by Crippen LogP contribution is -2.39. The van der Waals surface area contributed by atoms with Crippen LogP contribution in [0.25, 0.3) is 0 Å². The Labute approximate surface area is 102 Å². The van der Waals surface area contributed by atoms with Crippen molar-refractivity contribution >= 4 is 11.9 Å². The number of carboxylic acid groups (broad SMARTS) is 1. The lowest BCUT2D eigenvalue weighted by Gasteiger charge is -2.22. The van der Waals surface area contributed by atoms with E-state index in [-0.39, 0.29) is 0 Å². The Hall–Kier alpha value is -1.98. The number of carboxylic acids is 1. The van der Waals surface area contributed by atoms with Gasteiger partial charge >= 0.3 is 11.9 Å². The third kappa shape index (κ3) is 2.47. The van der Waals surface area contributed by atoms with Gasteiger partial charge in [0.25, 0.3) is 0 Å². The molecule has 1 atom stereocenters. The van der Waals surface area contributed by atoms with Crippen LogP contribution in [-0.4, -0.2) is 24.2 Å². The number of esters is 1. The van der Waals surface area contributed by atoms with Crippen LogP contribution in [0.4, 0.5) is 8.78 Å². The summed E-state index contributed by atoms with van der Waals surface area (Å²) in [7, 11) is 1.02. The number of benzene rings is 1. The summed E-state index contributed by atoms with van der Waals surface area (Å²) in [5, 5.41) is 9.03. The molecule has 98 valence electrons. The number of hydrogen-bond donors (Lipinski definition) is 1. The number of aliphatic carboxylic acids is 1. The number of rotatable bonds is 4. The van der Waals surface area contributed by atoms with E-state index < -0.39 is 41.0 Å². The lowest BCUT2D eigenvalue weighted by molar-refractivity contribution is -0.165. The second-order valence-corrected chi connectivity index (χ2v) is 4.01. The molecule has 1 N–H and O–H groups in total. The molecule has 6 heteroatoms. The maximum Gasteiger partial charge on any atom is 0.323 e. The molecule has 0 radical (unpaired) electrons. The van der Waals surface area contributed by atoms with E-state index in [2.05, 4.69) is 4.74 Å². The van der Waals surface area contributed by atoms with Gasteiger partial charge in [-0.1, -0.05) is 6.07 Å². The summed E-state index contributed by atoms with van der Waals surface area (Å²) in [5.41, 5.74) is -2.48. The molecule has 0 aliphatic carbocycles. The predicted molar refractivity (Wildman–Crippen MR) is 57.8 cm³/mol. The average Bonchev–Trinajstić information content (AvgIpc) is 2.32. The van der Waals surface area contributed by atoms with Crippen LogP contribution in [0.1, 0.15) is 12.5 Å². The fourth-order valence-corrected chi connectivity index (χ4v) is 1.52. The lowest BCUT2D eigenvalue weighted by atomic mass is 9.83. The van der Waals surface area contributed by atoms with Crippen LogP contribution in [0, 0.1) is 17.0 Å². The summed E-state index contributed by atoms with van der Waals surface area (Å²) in [4.78, 5) is 22.6. The Bertz CT molecular complexity index is 467. The van der Waals surface area contributed by atoms with Gasteiger partial charge in [-0.25, -0.2) is 8.78 Å². The Balaban J connectivity index is 3.20. The fraction of sp³-hybridized carbons (Fsp3) is 0.333. The summed E-state index contributed by atoms with van der Waals surface area (Å²) in [6.07, 6.45) is -0.618. The second-order valence-electron chi connectivity index (χ2n) is 4.01. The zero-order valence-corrected chi connectivity index (χ0v) is 9.87. The molecule has 1 rings (SSSR count). The molecule has 0 aliphatic rings. The first kappa shape index (κ1) is 14.1. The third-order valence-electron chi connectivity index (χ3n) is 2.70. The molecule has 0 fully saturated rings. The van der Waals surface area contributed by atoms with Crippen LogP contribution in [0.15, 0.2) is 18.2 Å². The van der Waals surface area contributed by atoms with Crippen molar-refractivity contribution < 1.29 is 28.2 Å². The van der Waals surface area contributed by atoms with Crippen molar-refractivity contribution in [1.82, 2.24) is 0 Å². The fourth-order valence-electron chi connectivity index (χ4n) is 1.52. The van der Waals surface area contributed by atoms with E-state index in [9.17, 15) is 18.4 Å². The van der Waals surface area contributed by atoms with Crippen LogP contribution < -0.4 is 0 Å². The average molecular weight is 258 g/mol. The molecule has 0 aliphatic heterocycles. The van der Waals surface area contributed by atoms with Gasteiger partial charge in [0.15, 0.2) is 5.41 Å². The molecule has 1 aromatic rings. The Kier molecular flexibility index (Phi) is 4.00. The monoisotopic (exact) mass is 258 g/mol. The predicted octanol–water partition coefficient (Wildman–Crippen LogP) is 1.77. The maximum atomic E-state index is 13.4. The SMILES string of the molecule is COC(=O)C(C)(Cc1c(F)cccc1F)C(=O)O. The van der Waals surface area contributed by atoms with E-state index in [1.165, 1.54) is 0 Å². The van der Waals surface area contributed by atoms with Gasteiger partial charge in [0.1, 0.15) is 11.6 Å². The van der Waals surface area contributed by atoms with Crippen molar-refractivity contribution in [3.05, 3.63) is 35.4 Å². The highest BCUT2D eigenvalue weighted by Crippen LogP contribution is 2.27. The van der Waals surface area contributed by atoms with Crippen molar-refractivity contribution in [3.8, 4) is 0 Å². The van der Waals surface area contributed by atoms with Crippen LogP contribution in [0.5, 0.6) is 0 Å². The summed E-state index contributed by atoms with van der Waals surface area (Å²) < 4.78 is 31.2. The zero-order valence-electron chi connectivity index (χ0n) is 9.87. The first-order valence-corrected chi connectivity index (χ1v) is 5.07. The number of halogens is 2. The van der Waals surface area contributed by atoms with Crippen LogP contribution in [0.2, 0.25) is 0 Å². The minimum atomic E-state index is -2.03. The maximum absolute atomic E-state index is 13.4. The molecule has 0 saturated heterocycles. The van der Waals surface area contributed by atoms with E-state index in [0.717, 1.165) is 32.2 Å². The first-order chi connectivity index (χ1) is 8.32. The highest BCUT2D eigenvalue weighted by atomic mass is 19.1. The quantitative estimate of drug-likeness (QED) is 0.660. The van der Waals surface area contributed by atoms with E-state index in [4.69, 9.17) is 5.11 Å². The van der Waals surface area contributed by atoms with Crippen LogP contribution in [-0.2, 0) is 20.7 Å². The topological polar surface area (TPSA) is 63.6 Å². The number of carbonyl (C=O) groups is 2. The molecule has 4 nitrogen and oxygen atoms in total. The van der Waals surface area contributed by atoms with Gasteiger partial charge in [0.2, 0.25) is 0 Å². The molecule has 0 amide bonds. The van der Waals surface area contributed by atoms with Crippen molar-refractivity contribution in [1.29, 1.82) is 0 Å². The molecule has 18 heavy (non-hydrogen) atoms. The molecular weight excluding hydrogens is 246 g/mol. The highest BCUT2D eigenvalue weighted by Gasteiger charge is 2.44. The van der Waals surface area contributed by atoms with Gasteiger partial charge in [-0.05, 0) is 19.1 Å². The van der Waals surface area contributed by atoms with E-state index >= 15 is 0 Å². The normalized spacial score (nSPS) is 13.8. The van der Waals surface area contributed by atoms with Gasteiger partial charge < -0.3 is 9.84 Å². The molecule has 0 spiro atoms. The van der Waals surface area contributed by atoms with Crippen molar-refractivity contribution in [2.45, 2.75) is 13.3 Å². The van der Waals surface area contributed by atoms with Crippen LogP contribution >= 0.6 is 0 Å². The zero-order chi connectivity index (χ0) is 13.9. The smallest absolute Gasteiger partial charge is 0.323 e. The number of ether oxygens (including phenoxy) is 1. The van der Waals surface area contributed by atoms with Gasteiger partial charge in [0.05, 0.1) is 7.11 Å². The minimum Gasteiger partial charge on any atom is -0.480 e. The standard InChI is InChI=1S/C12H12F2O4/c1-12(10(15)16,11(17)18-2)6-7-8(13)4-3-5-9(7)14/h3-5H,6H2,1-2H3,(H,15,16). The summed E-state index contributed by atoms with van der Waals surface area (Å²) >= 11 is 0. The van der Waals surface area contributed by atoms with Crippen molar-refractivity contribution in [2.75, 3.05) is 7.11 Å². The molecule has 1 aromatic carbocycles. The number of methoxy groups -OCH3 is 1. The highest BCUT2D eigenvalue weighted by molar-refractivity contribution is 5.98. The van der Waals surface area contributed by atoms with E-state index in [0.29, 0.717) is 0 Å². The molecule has 0 aromatic heterocycles. The van der Waals surface area contributed by atoms with E-state index in [1.807, 2.05) is 0 Å². The Morgan fingerprint density at radius 3 is 2.22 bits per heavy atom. The Morgan fingerprint density at radius 1 is 1.33 bits per heavy atom. The summed E-state index contributed by atoms with van der Waals surface area (Å²) in [5.74, 6) is -4.35. The summed E-state index contributed by atoms with van der Waals surface area (Å²) in [6.45, 7) is 1.06. The minimum absolute atomic E-state index is 0.451. The number of hydrogen-bond acceptors (Lipinski definition) is 3. The number of carbonyl (C=O) groups excluding carboxylic acids is 1. The van der Waals surface area contributed by atoms with Gasteiger partial charge in [-0.3, -0.25) is 9.59 Å². The molecule has 0 heterocycles. The van der Waals surface area contributed by atoms with Crippen molar-refractivity contribution in [3.63, 3.8) is 0 Å². The second kappa shape index (κ2) is 5.12. The molecule has 0 bridgehead atoms. The molecular formula is C12H12F2O4. The van der Waals surface area contributed by atoms with Crippen molar-refractivity contribution in [2.24, 2.45) is 5.41 Å².